The predicted octanol–water partition coefficient (Wildman–Crippen LogP) is 2.90. The maximum Gasteiger partial charge on any atom is 0.433 e. The topological polar surface area (TPSA) is 38.7 Å². The largest absolute Gasteiger partial charge is 0.451 e. The van der Waals surface area contributed by atoms with Crippen LogP contribution in [0, 0.1) is 5.92 Å². The van der Waals surface area contributed by atoms with Gasteiger partial charge in [-0.15, -0.1) is 0 Å². The molecule has 0 fully saturated rings. The van der Waals surface area contributed by atoms with Crippen molar-refractivity contribution in [3.63, 3.8) is 0 Å². The summed E-state index contributed by atoms with van der Waals surface area (Å²) in [6, 6.07) is 9.64. The van der Waals surface area contributed by atoms with Gasteiger partial charge in [-0.3, -0.25) is 0 Å². The molecular formula is C12H15NO2. The molecule has 0 aliphatic heterocycles. The number of hydrogen-bond acceptors (Lipinski definition) is 2. The molecule has 0 atom stereocenters. The molecule has 1 rings (SSSR count). The van der Waals surface area contributed by atoms with Gasteiger partial charge in [0.15, 0.2) is 0 Å². The quantitative estimate of drug-likeness (QED) is 0.696. The highest BCUT2D eigenvalue weighted by molar-refractivity contribution is 6.06. The SMILES string of the molecule is COC(=O)/N=C(\c1ccccc1)C(C)C. The Bertz CT molecular complexity index is 355. The van der Waals surface area contributed by atoms with Crippen LogP contribution in [0.25, 0.3) is 0 Å². The molecule has 0 radical (unpaired) electrons. The van der Waals surface area contributed by atoms with Crippen molar-refractivity contribution in [2.24, 2.45) is 10.9 Å². The van der Waals surface area contributed by atoms with Crippen LogP contribution in [0.5, 0.6) is 0 Å². The van der Waals surface area contributed by atoms with Crippen LogP contribution >= 0.6 is 0 Å². The van der Waals surface area contributed by atoms with Gasteiger partial charge in [0, 0.05) is 0 Å². The molecule has 80 valence electrons. The third-order valence-electron chi connectivity index (χ3n) is 2.00. The fourth-order valence-electron chi connectivity index (χ4n) is 1.28. The van der Waals surface area contributed by atoms with Gasteiger partial charge in [-0.1, -0.05) is 44.2 Å². The van der Waals surface area contributed by atoms with E-state index < -0.39 is 6.09 Å². The highest BCUT2D eigenvalue weighted by Crippen LogP contribution is 2.09. The van der Waals surface area contributed by atoms with Crippen molar-refractivity contribution in [3.05, 3.63) is 35.9 Å². The Labute approximate surface area is 89.8 Å². The van der Waals surface area contributed by atoms with Gasteiger partial charge in [-0.05, 0) is 11.5 Å². The summed E-state index contributed by atoms with van der Waals surface area (Å²) >= 11 is 0. The van der Waals surface area contributed by atoms with Crippen LogP contribution in [-0.2, 0) is 4.74 Å². The molecule has 0 aliphatic carbocycles. The first kappa shape index (κ1) is 11.4. The number of methoxy groups -OCH3 is 1. The smallest absolute Gasteiger partial charge is 0.433 e. The summed E-state index contributed by atoms with van der Waals surface area (Å²) in [5, 5.41) is 0. The van der Waals surface area contributed by atoms with Crippen molar-refractivity contribution >= 4 is 11.8 Å². The maximum atomic E-state index is 11.1. The molecule has 1 aromatic carbocycles. The van der Waals surface area contributed by atoms with Crippen LogP contribution in [0.4, 0.5) is 4.79 Å². The summed E-state index contributed by atoms with van der Waals surface area (Å²) in [4.78, 5) is 15.0. The van der Waals surface area contributed by atoms with Crippen LogP contribution in [0.1, 0.15) is 19.4 Å². The lowest BCUT2D eigenvalue weighted by Crippen LogP contribution is -2.12. The van der Waals surface area contributed by atoms with Gasteiger partial charge >= 0.3 is 6.09 Å². The highest BCUT2D eigenvalue weighted by atomic mass is 16.5. The number of nitrogens with zero attached hydrogens (tertiary/aromatic N) is 1. The number of ether oxygens (including phenoxy) is 1. The highest BCUT2D eigenvalue weighted by Gasteiger charge is 2.10. The minimum absolute atomic E-state index is 0.187. The molecular weight excluding hydrogens is 190 g/mol. The van der Waals surface area contributed by atoms with Crippen molar-refractivity contribution < 1.29 is 9.53 Å². The first-order valence-corrected chi connectivity index (χ1v) is 4.87. The summed E-state index contributed by atoms with van der Waals surface area (Å²) in [6.07, 6.45) is -0.553. The second kappa shape index (κ2) is 5.29. The Morgan fingerprint density at radius 3 is 2.33 bits per heavy atom. The molecule has 0 saturated carbocycles. The Morgan fingerprint density at radius 2 is 1.87 bits per heavy atom. The Kier molecular flexibility index (Phi) is 4.03. The van der Waals surface area contributed by atoms with Crippen molar-refractivity contribution in [2.45, 2.75) is 13.8 Å². The number of rotatable bonds is 2. The third-order valence-corrected chi connectivity index (χ3v) is 2.00. The summed E-state index contributed by atoms with van der Waals surface area (Å²) < 4.78 is 4.53. The van der Waals surface area contributed by atoms with Crippen molar-refractivity contribution in [2.75, 3.05) is 7.11 Å². The van der Waals surface area contributed by atoms with E-state index in [1.807, 2.05) is 44.2 Å². The zero-order valence-electron chi connectivity index (χ0n) is 9.23. The molecule has 0 aromatic heterocycles. The summed E-state index contributed by atoms with van der Waals surface area (Å²) in [5.41, 5.74) is 1.71. The second-order valence-corrected chi connectivity index (χ2v) is 3.49. The average molecular weight is 205 g/mol. The van der Waals surface area contributed by atoms with Crippen molar-refractivity contribution in [1.82, 2.24) is 0 Å². The number of carbonyl (C=O) groups is 1. The minimum Gasteiger partial charge on any atom is -0.451 e. The standard InChI is InChI=1S/C12H15NO2/c1-9(2)11(13-12(14)15-3)10-7-5-4-6-8-10/h4-9H,1-3H3/b13-11-. The third kappa shape index (κ3) is 3.20. The van der Waals surface area contributed by atoms with Crippen LogP contribution in [0.15, 0.2) is 35.3 Å². The Balaban J connectivity index is 3.04. The molecule has 0 heterocycles. The van der Waals surface area contributed by atoms with Crippen LogP contribution < -0.4 is 0 Å². The van der Waals surface area contributed by atoms with Gasteiger partial charge in [-0.25, -0.2) is 4.79 Å². The van der Waals surface area contributed by atoms with E-state index >= 15 is 0 Å². The lowest BCUT2D eigenvalue weighted by molar-refractivity contribution is 0.182. The molecule has 1 amide bonds. The monoisotopic (exact) mass is 205 g/mol. The molecule has 0 bridgehead atoms. The molecule has 3 heteroatoms. The summed E-state index contributed by atoms with van der Waals surface area (Å²) in [5.74, 6) is 0.187. The van der Waals surface area contributed by atoms with Gasteiger partial charge in [0.2, 0.25) is 0 Å². The second-order valence-electron chi connectivity index (χ2n) is 3.49. The Morgan fingerprint density at radius 1 is 1.27 bits per heavy atom. The van der Waals surface area contributed by atoms with Crippen molar-refractivity contribution in [1.29, 1.82) is 0 Å². The molecule has 15 heavy (non-hydrogen) atoms. The van der Waals surface area contributed by atoms with E-state index in [1.54, 1.807) is 0 Å². The van der Waals surface area contributed by atoms with Gasteiger partial charge in [0.05, 0.1) is 12.8 Å². The van der Waals surface area contributed by atoms with E-state index in [0.29, 0.717) is 0 Å². The lowest BCUT2D eigenvalue weighted by atomic mass is 10.0. The summed E-state index contributed by atoms with van der Waals surface area (Å²) in [7, 11) is 1.33. The van der Waals surface area contributed by atoms with E-state index in [0.717, 1.165) is 11.3 Å². The zero-order valence-corrected chi connectivity index (χ0v) is 9.23. The normalized spacial score (nSPS) is 11.6. The van der Waals surface area contributed by atoms with E-state index in [-0.39, 0.29) is 5.92 Å². The van der Waals surface area contributed by atoms with E-state index in [9.17, 15) is 4.79 Å². The van der Waals surface area contributed by atoms with Crippen LogP contribution in [0.2, 0.25) is 0 Å². The number of hydrogen-bond donors (Lipinski definition) is 0. The van der Waals surface area contributed by atoms with E-state index in [4.69, 9.17) is 0 Å². The Hall–Kier alpha value is -1.64. The molecule has 1 aromatic rings. The van der Waals surface area contributed by atoms with Gasteiger partial charge in [0.25, 0.3) is 0 Å². The molecule has 0 N–H and O–H groups in total. The molecule has 0 saturated heterocycles. The van der Waals surface area contributed by atoms with Crippen LogP contribution in [0.3, 0.4) is 0 Å². The molecule has 0 aliphatic rings. The zero-order chi connectivity index (χ0) is 11.3. The summed E-state index contributed by atoms with van der Waals surface area (Å²) in [6.45, 7) is 3.99. The number of benzene rings is 1. The minimum atomic E-state index is -0.553. The van der Waals surface area contributed by atoms with Gasteiger partial charge in [-0.2, -0.15) is 4.99 Å². The molecule has 3 nitrogen and oxygen atoms in total. The first-order valence-electron chi connectivity index (χ1n) is 4.87. The number of aliphatic imine (C=N–C) groups is 1. The fourth-order valence-corrected chi connectivity index (χ4v) is 1.28. The van der Waals surface area contributed by atoms with Gasteiger partial charge < -0.3 is 4.74 Å². The molecule has 0 spiro atoms. The van der Waals surface area contributed by atoms with Gasteiger partial charge in [0.1, 0.15) is 0 Å². The first-order chi connectivity index (χ1) is 7.15. The number of carbonyl (C=O) groups excluding carboxylic acids is 1. The van der Waals surface area contributed by atoms with Crippen LogP contribution in [-0.4, -0.2) is 18.9 Å². The van der Waals surface area contributed by atoms with Crippen molar-refractivity contribution in [3.8, 4) is 0 Å². The lowest BCUT2D eigenvalue weighted by Gasteiger charge is -2.09. The number of amides is 1. The van der Waals surface area contributed by atoms with E-state index in [1.165, 1.54) is 7.11 Å². The predicted molar refractivity (Wildman–Crippen MR) is 60.2 cm³/mol. The maximum absolute atomic E-state index is 11.1. The average Bonchev–Trinajstić information content (AvgIpc) is 2.26. The van der Waals surface area contributed by atoms with E-state index in [2.05, 4.69) is 9.73 Å². The molecule has 0 unspecified atom stereocenters. The fraction of sp³-hybridized carbons (Fsp3) is 0.333.